The number of hydrogen-bond donors (Lipinski definition) is 0. The summed E-state index contributed by atoms with van der Waals surface area (Å²) >= 11 is 1.43. The molecule has 1 aromatic heterocycles. The smallest absolute Gasteiger partial charge is 0.236 e. The number of pyridine rings is 1. The van der Waals surface area contributed by atoms with Crippen LogP contribution >= 0.6 is 11.8 Å². The maximum atomic E-state index is 12.9. The number of carbonyl (C=O) groups excluding carboxylic acids is 1. The molecule has 1 saturated heterocycles. The highest BCUT2D eigenvalue weighted by Gasteiger charge is 2.35. The number of benzene rings is 1. The first kappa shape index (κ1) is 19.2. The van der Waals surface area contributed by atoms with Crippen LogP contribution in [-0.2, 0) is 14.6 Å². The van der Waals surface area contributed by atoms with Crippen molar-refractivity contribution in [2.45, 2.75) is 43.5 Å². The fraction of sp³-hybridized carbons (Fsp3) is 0.474. The van der Waals surface area contributed by atoms with E-state index < -0.39 is 9.84 Å². The normalized spacial score (nSPS) is 20.2. The standard InChI is InChI=1S/C19H24N2O3S2/c1-4-21(15-9-10-26(23,24)12-15)19(22)14(3)25-18-11-13(2)16-7-5-6-8-17(16)20-18/h5-8,11,14-15H,4,9-10,12H2,1-3H3. The summed E-state index contributed by atoms with van der Waals surface area (Å²) in [4.78, 5) is 19.3. The molecule has 2 aromatic rings. The summed E-state index contributed by atoms with van der Waals surface area (Å²) in [6, 6.07) is 9.77. The Morgan fingerprint density at radius 3 is 2.77 bits per heavy atom. The summed E-state index contributed by atoms with van der Waals surface area (Å²) in [7, 11) is -3.01. The van der Waals surface area contributed by atoms with Gasteiger partial charge in [0.05, 0.1) is 27.3 Å². The third-order valence-electron chi connectivity index (χ3n) is 4.82. The van der Waals surface area contributed by atoms with E-state index in [1.807, 2.05) is 51.1 Å². The molecule has 1 amide bonds. The molecule has 2 unspecified atom stereocenters. The van der Waals surface area contributed by atoms with E-state index in [1.54, 1.807) is 4.90 Å². The lowest BCUT2D eigenvalue weighted by Gasteiger charge is -2.29. The number of hydrogen-bond acceptors (Lipinski definition) is 5. The fourth-order valence-electron chi connectivity index (χ4n) is 3.46. The molecule has 26 heavy (non-hydrogen) atoms. The molecule has 0 aliphatic carbocycles. The zero-order chi connectivity index (χ0) is 18.9. The second-order valence-electron chi connectivity index (χ2n) is 6.74. The molecule has 0 N–H and O–H groups in total. The van der Waals surface area contributed by atoms with Crippen LogP contribution in [0.5, 0.6) is 0 Å². The molecule has 7 heteroatoms. The van der Waals surface area contributed by atoms with E-state index in [1.165, 1.54) is 11.8 Å². The monoisotopic (exact) mass is 392 g/mol. The number of carbonyl (C=O) groups is 1. The van der Waals surface area contributed by atoms with Crippen LogP contribution in [0, 0.1) is 6.92 Å². The Morgan fingerprint density at radius 1 is 1.38 bits per heavy atom. The van der Waals surface area contributed by atoms with E-state index in [-0.39, 0.29) is 28.7 Å². The van der Waals surface area contributed by atoms with E-state index in [0.29, 0.717) is 13.0 Å². The van der Waals surface area contributed by atoms with Gasteiger partial charge in [0.25, 0.3) is 0 Å². The van der Waals surface area contributed by atoms with Gasteiger partial charge in [0.2, 0.25) is 5.91 Å². The Balaban J connectivity index is 1.76. The molecular weight excluding hydrogens is 368 g/mol. The van der Waals surface area contributed by atoms with Crippen LogP contribution in [0.15, 0.2) is 35.4 Å². The van der Waals surface area contributed by atoms with E-state index in [9.17, 15) is 13.2 Å². The van der Waals surface area contributed by atoms with Gasteiger partial charge in [-0.1, -0.05) is 30.0 Å². The molecule has 5 nitrogen and oxygen atoms in total. The van der Waals surface area contributed by atoms with E-state index in [4.69, 9.17) is 0 Å². The van der Waals surface area contributed by atoms with Gasteiger partial charge in [-0.15, -0.1) is 0 Å². The zero-order valence-electron chi connectivity index (χ0n) is 15.3. The molecule has 2 atom stereocenters. The van der Waals surface area contributed by atoms with Gasteiger partial charge in [-0.05, 0) is 44.9 Å². The number of thioether (sulfide) groups is 1. The lowest BCUT2D eigenvalue weighted by Crippen LogP contribution is -2.44. The maximum Gasteiger partial charge on any atom is 0.236 e. The first-order valence-corrected chi connectivity index (χ1v) is 11.5. The number of rotatable bonds is 5. The van der Waals surface area contributed by atoms with Crippen molar-refractivity contribution in [3.8, 4) is 0 Å². The number of para-hydroxylation sites is 1. The number of amides is 1. The van der Waals surface area contributed by atoms with Crippen LogP contribution < -0.4 is 0 Å². The van der Waals surface area contributed by atoms with Gasteiger partial charge in [-0.2, -0.15) is 0 Å². The summed E-state index contributed by atoms with van der Waals surface area (Å²) in [5, 5.41) is 1.62. The lowest BCUT2D eigenvalue weighted by atomic mass is 10.1. The van der Waals surface area contributed by atoms with Gasteiger partial charge in [0.1, 0.15) is 0 Å². The fourth-order valence-corrected chi connectivity index (χ4v) is 6.18. The van der Waals surface area contributed by atoms with Crippen molar-refractivity contribution >= 4 is 38.4 Å². The number of aromatic nitrogens is 1. The molecule has 1 aromatic carbocycles. The van der Waals surface area contributed by atoms with Gasteiger partial charge < -0.3 is 4.90 Å². The van der Waals surface area contributed by atoms with Gasteiger partial charge in [-0.3, -0.25) is 4.79 Å². The van der Waals surface area contributed by atoms with Crippen molar-refractivity contribution in [1.29, 1.82) is 0 Å². The molecule has 3 rings (SSSR count). The highest BCUT2D eigenvalue weighted by atomic mass is 32.2. The summed E-state index contributed by atoms with van der Waals surface area (Å²) < 4.78 is 23.5. The minimum Gasteiger partial charge on any atom is -0.338 e. The summed E-state index contributed by atoms with van der Waals surface area (Å²) in [6.45, 7) is 6.33. The van der Waals surface area contributed by atoms with Crippen molar-refractivity contribution in [3.05, 3.63) is 35.9 Å². The Morgan fingerprint density at radius 2 is 2.12 bits per heavy atom. The highest BCUT2D eigenvalue weighted by molar-refractivity contribution is 8.00. The quantitative estimate of drug-likeness (QED) is 0.732. The minimum absolute atomic E-state index is 0.0211. The van der Waals surface area contributed by atoms with Crippen molar-refractivity contribution in [3.63, 3.8) is 0 Å². The lowest BCUT2D eigenvalue weighted by molar-refractivity contribution is -0.131. The molecule has 140 valence electrons. The summed E-state index contributed by atoms with van der Waals surface area (Å²) in [5.74, 6) is 0.235. The van der Waals surface area contributed by atoms with Crippen LogP contribution in [-0.4, -0.2) is 53.6 Å². The third-order valence-corrected chi connectivity index (χ3v) is 7.57. The Labute approximate surface area is 159 Å². The predicted octanol–water partition coefficient (Wildman–Crippen LogP) is 3.06. The number of fused-ring (bicyclic) bond motifs is 1. The Bertz CT molecular complexity index is 928. The Kier molecular flexibility index (Phi) is 5.58. The minimum atomic E-state index is -3.01. The van der Waals surface area contributed by atoms with Crippen LogP contribution in [0.1, 0.15) is 25.8 Å². The SMILES string of the molecule is CCN(C(=O)C(C)Sc1cc(C)c2ccccc2n1)C1CCS(=O)(=O)C1. The number of aryl methyl sites for hydroxylation is 1. The molecule has 0 saturated carbocycles. The first-order valence-electron chi connectivity index (χ1n) is 8.84. The summed E-state index contributed by atoms with van der Waals surface area (Å²) in [6.07, 6.45) is 0.534. The van der Waals surface area contributed by atoms with Crippen LogP contribution in [0.3, 0.4) is 0 Å². The summed E-state index contributed by atoms with van der Waals surface area (Å²) in [5.41, 5.74) is 2.05. The highest BCUT2D eigenvalue weighted by Crippen LogP contribution is 2.28. The van der Waals surface area contributed by atoms with Gasteiger partial charge >= 0.3 is 0 Å². The van der Waals surface area contributed by atoms with Crippen molar-refractivity contribution in [1.82, 2.24) is 9.88 Å². The van der Waals surface area contributed by atoms with Crippen LogP contribution in [0.25, 0.3) is 10.9 Å². The van der Waals surface area contributed by atoms with Crippen molar-refractivity contribution in [2.24, 2.45) is 0 Å². The van der Waals surface area contributed by atoms with Crippen LogP contribution in [0.4, 0.5) is 0 Å². The van der Waals surface area contributed by atoms with E-state index in [2.05, 4.69) is 4.98 Å². The Hall–Kier alpha value is -1.60. The van der Waals surface area contributed by atoms with E-state index in [0.717, 1.165) is 21.5 Å². The average Bonchev–Trinajstić information content (AvgIpc) is 2.95. The molecule has 1 aliphatic heterocycles. The number of sulfone groups is 1. The van der Waals surface area contributed by atoms with Crippen molar-refractivity contribution in [2.75, 3.05) is 18.1 Å². The first-order chi connectivity index (χ1) is 12.3. The molecule has 2 heterocycles. The molecule has 0 spiro atoms. The molecule has 0 bridgehead atoms. The van der Waals surface area contributed by atoms with Crippen LogP contribution in [0.2, 0.25) is 0 Å². The van der Waals surface area contributed by atoms with Crippen molar-refractivity contribution < 1.29 is 13.2 Å². The number of nitrogens with zero attached hydrogens (tertiary/aromatic N) is 2. The largest absolute Gasteiger partial charge is 0.338 e. The van der Waals surface area contributed by atoms with Gasteiger partial charge in [0, 0.05) is 18.0 Å². The zero-order valence-corrected chi connectivity index (χ0v) is 16.9. The van der Waals surface area contributed by atoms with Gasteiger partial charge in [-0.25, -0.2) is 13.4 Å². The molecular formula is C19H24N2O3S2. The molecule has 1 fully saturated rings. The second kappa shape index (κ2) is 7.56. The third kappa shape index (κ3) is 4.04. The maximum absolute atomic E-state index is 12.9. The second-order valence-corrected chi connectivity index (χ2v) is 10.3. The van der Waals surface area contributed by atoms with E-state index >= 15 is 0 Å². The predicted molar refractivity (Wildman–Crippen MR) is 106 cm³/mol. The topological polar surface area (TPSA) is 67.3 Å². The molecule has 1 aliphatic rings. The van der Waals surface area contributed by atoms with Gasteiger partial charge in [0.15, 0.2) is 9.84 Å². The average molecular weight is 393 g/mol. The molecule has 0 radical (unpaired) electrons.